The van der Waals surface area contributed by atoms with Crippen LogP contribution in [0.2, 0.25) is 0 Å². The fraction of sp³-hybridized carbons (Fsp3) is 0.571. The molecule has 0 aromatic heterocycles. The van der Waals surface area contributed by atoms with Gasteiger partial charge in [0, 0.05) is 23.6 Å². The molecule has 1 saturated carbocycles. The highest BCUT2D eigenvalue weighted by Crippen LogP contribution is 2.31. The van der Waals surface area contributed by atoms with Gasteiger partial charge in [0.05, 0.1) is 4.90 Å². The monoisotopic (exact) mass is 358 g/mol. The first kappa shape index (κ1) is 14.5. The van der Waals surface area contributed by atoms with Gasteiger partial charge in [0.15, 0.2) is 0 Å². The number of halogens is 1. The van der Waals surface area contributed by atoms with Crippen LogP contribution in [0.15, 0.2) is 33.6 Å². The molecule has 1 unspecified atom stereocenters. The van der Waals surface area contributed by atoms with Crippen molar-refractivity contribution in [2.75, 3.05) is 19.6 Å². The molecule has 1 aromatic rings. The Balaban J connectivity index is 1.55. The average molecular weight is 359 g/mol. The van der Waals surface area contributed by atoms with Crippen LogP contribution in [0.5, 0.6) is 0 Å². The van der Waals surface area contributed by atoms with E-state index in [2.05, 4.69) is 25.6 Å². The molecule has 2 aliphatic rings. The molecule has 4 nitrogen and oxygen atoms in total. The van der Waals surface area contributed by atoms with Gasteiger partial charge in [-0.2, -0.15) is 0 Å². The van der Waals surface area contributed by atoms with Crippen molar-refractivity contribution in [1.29, 1.82) is 0 Å². The highest BCUT2D eigenvalue weighted by molar-refractivity contribution is 9.10. The molecule has 1 aromatic carbocycles. The average Bonchev–Trinajstić information content (AvgIpc) is 3.16. The van der Waals surface area contributed by atoms with Crippen LogP contribution >= 0.6 is 15.9 Å². The van der Waals surface area contributed by atoms with Crippen LogP contribution in [0.25, 0.3) is 0 Å². The number of benzene rings is 1. The number of likely N-dealkylation sites (tertiary alicyclic amines) is 1. The van der Waals surface area contributed by atoms with Crippen LogP contribution < -0.4 is 4.72 Å². The number of rotatable bonds is 5. The third-order valence-electron chi connectivity index (χ3n) is 4.07. The van der Waals surface area contributed by atoms with E-state index in [1.807, 2.05) is 0 Å². The highest BCUT2D eigenvalue weighted by Gasteiger charge is 2.34. The standard InChI is InChI=1S/C14H19BrN2O2S/c15-12-1-5-14(6-2-12)20(18,19)16-9-11-7-8-17(10-11)13-3-4-13/h1-2,5-6,11,13,16H,3-4,7-10H2. The Morgan fingerprint density at radius 1 is 1.20 bits per heavy atom. The molecular formula is C14H19BrN2O2S. The molecule has 0 amide bonds. The Morgan fingerprint density at radius 3 is 2.55 bits per heavy atom. The van der Waals surface area contributed by atoms with E-state index in [0.717, 1.165) is 30.0 Å². The summed E-state index contributed by atoms with van der Waals surface area (Å²) in [6.07, 6.45) is 3.73. The zero-order valence-corrected chi connectivity index (χ0v) is 13.7. The number of nitrogens with zero attached hydrogens (tertiary/aromatic N) is 1. The summed E-state index contributed by atoms with van der Waals surface area (Å²) in [5, 5.41) is 0. The molecule has 1 aliphatic carbocycles. The molecule has 0 bridgehead atoms. The van der Waals surface area contributed by atoms with E-state index in [-0.39, 0.29) is 0 Å². The molecule has 1 heterocycles. The lowest BCUT2D eigenvalue weighted by Crippen LogP contribution is -2.31. The topological polar surface area (TPSA) is 49.4 Å². The van der Waals surface area contributed by atoms with E-state index in [4.69, 9.17) is 0 Å². The van der Waals surface area contributed by atoms with E-state index >= 15 is 0 Å². The van der Waals surface area contributed by atoms with Crippen LogP contribution in [-0.2, 0) is 10.0 Å². The lowest BCUT2D eigenvalue weighted by atomic mass is 10.1. The minimum atomic E-state index is -3.38. The summed E-state index contributed by atoms with van der Waals surface area (Å²) in [4.78, 5) is 2.83. The van der Waals surface area contributed by atoms with Gasteiger partial charge in [-0.3, -0.25) is 0 Å². The zero-order chi connectivity index (χ0) is 14.2. The van der Waals surface area contributed by atoms with E-state index < -0.39 is 10.0 Å². The summed E-state index contributed by atoms with van der Waals surface area (Å²) in [5.41, 5.74) is 0. The molecule has 0 spiro atoms. The van der Waals surface area contributed by atoms with Gasteiger partial charge in [0.25, 0.3) is 0 Å². The van der Waals surface area contributed by atoms with Crippen molar-refractivity contribution in [3.8, 4) is 0 Å². The zero-order valence-electron chi connectivity index (χ0n) is 11.3. The smallest absolute Gasteiger partial charge is 0.240 e. The largest absolute Gasteiger partial charge is 0.300 e. The maximum absolute atomic E-state index is 12.2. The number of hydrogen-bond donors (Lipinski definition) is 1. The molecule has 1 N–H and O–H groups in total. The molecule has 3 rings (SSSR count). The third-order valence-corrected chi connectivity index (χ3v) is 6.03. The van der Waals surface area contributed by atoms with Crippen molar-refractivity contribution in [3.05, 3.63) is 28.7 Å². The Hall–Kier alpha value is -0.430. The normalized spacial score (nSPS) is 24.1. The lowest BCUT2D eigenvalue weighted by molar-refractivity contribution is 0.314. The van der Waals surface area contributed by atoms with Crippen LogP contribution in [0.3, 0.4) is 0 Å². The molecule has 0 radical (unpaired) electrons. The Kier molecular flexibility index (Phi) is 4.17. The predicted octanol–water partition coefficient (Wildman–Crippen LogP) is 2.21. The number of nitrogens with one attached hydrogen (secondary N) is 1. The summed E-state index contributed by atoms with van der Waals surface area (Å²) < 4.78 is 28.0. The first-order chi connectivity index (χ1) is 9.54. The third kappa shape index (κ3) is 3.42. The van der Waals surface area contributed by atoms with Gasteiger partial charge in [0.2, 0.25) is 10.0 Å². The quantitative estimate of drug-likeness (QED) is 0.877. The first-order valence-corrected chi connectivity index (χ1v) is 9.31. The minimum Gasteiger partial charge on any atom is -0.300 e. The van der Waals surface area contributed by atoms with Crippen molar-refractivity contribution < 1.29 is 8.42 Å². The number of hydrogen-bond acceptors (Lipinski definition) is 3. The molecule has 1 atom stereocenters. The molecular weight excluding hydrogens is 340 g/mol. The fourth-order valence-electron chi connectivity index (χ4n) is 2.73. The second kappa shape index (κ2) is 5.75. The van der Waals surface area contributed by atoms with Gasteiger partial charge in [-0.05, 0) is 56.0 Å². The van der Waals surface area contributed by atoms with Gasteiger partial charge < -0.3 is 4.90 Å². The van der Waals surface area contributed by atoms with E-state index in [1.54, 1.807) is 24.3 Å². The van der Waals surface area contributed by atoms with Gasteiger partial charge >= 0.3 is 0 Å². The highest BCUT2D eigenvalue weighted by atomic mass is 79.9. The fourth-order valence-corrected chi connectivity index (χ4v) is 4.11. The molecule has 1 saturated heterocycles. The predicted molar refractivity (Wildman–Crippen MR) is 82.0 cm³/mol. The molecule has 2 fully saturated rings. The van der Waals surface area contributed by atoms with Crippen molar-refractivity contribution in [1.82, 2.24) is 9.62 Å². The van der Waals surface area contributed by atoms with Crippen LogP contribution in [0.4, 0.5) is 0 Å². The maximum Gasteiger partial charge on any atom is 0.240 e. The van der Waals surface area contributed by atoms with Gasteiger partial charge in [0.1, 0.15) is 0 Å². The van der Waals surface area contributed by atoms with E-state index in [1.165, 1.54) is 12.8 Å². The van der Waals surface area contributed by atoms with Gasteiger partial charge in [-0.15, -0.1) is 0 Å². The van der Waals surface area contributed by atoms with Crippen LogP contribution in [-0.4, -0.2) is 39.0 Å². The van der Waals surface area contributed by atoms with Crippen molar-refractivity contribution in [2.45, 2.75) is 30.2 Å². The second-order valence-corrected chi connectivity index (χ2v) is 8.37. The SMILES string of the molecule is O=S(=O)(NCC1CCN(C2CC2)C1)c1ccc(Br)cc1. The van der Waals surface area contributed by atoms with Gasteiger partial charge in [-0.25, -0.2) is 13.1 Å². The Labute approximate surface area is 128 Å². The summed E-state index contributed by atoms with van der Waals surface area (Å²) in [5.74, 6) is 0.445. The Morgan fingerprint density at radius 2 is 1.90 bits per heavy atom. The minimum absolute atomic E-state index is 0.331. The van der Waals surface area contributed by atoms with Crippen LogP contribution in [0, 0.1) is 5.92 Å². The second-order valence-electron chi connectivity index (χ2n) is 5.69. The summed E-state index contributed by atoms with van der Waals surface area (Å²) in [7, 11) is -3.38. The molecule has 110 valence electrons. The molecule has 6 heteroatoms. The number of sulfonamides is 1. The molecule has 1 aliphatic heterocycles. The lowest BCUT2D eigenvalue weighted by Gasteiger charge is -2.15. The van der Waals surface area contributed by atoms with Crippen molar-refractivity contribution in [2.24, 2.45) is 5.92 Å². The summed E-state index contributed by atoms with van der Waals surface area (Å²) >= 11 is 3.31. The van der Waals surface area contributed by atoms with Gasteiger partial charge in [-0.1, -0.05) is 15.9 Å². The Bertz CT molecular complexity index is 569. The van der Waals surface area contributed by atoms with Crippen molar-refractivity contribution in [3.63, 3.8) is 0 Å². The summed E-state index contributed by atoms with van der Waals surface area (Å²) in [6, 6.07) is 7.52. The maximum atomic E-state index is 12.2. The molecule has 20 heavy (non-hydrogen) atoms. The van der Waals surface area contributed by atoms with E-state index in [0.29, 0.717) is 17.4 Å². The summed E-state index contributed by atoms with van der Waals surface area (Å²) in [6.45, 7) is 2.70. The van der Waals surface area contributed by atoms with Crippen molar-refractivity contribution >= 4 is 26.0 Å². The van der Waals surface area contributed by atoms with E-state index in [9.17, 15) is 8.42 Å². The van der Waals surface area contributed by atoms with Crippen LogP contribution in [0.1, 0.15) is 19.3 Å². The first-order valence-electron chi connectivity index (χ1n) is 7.04.